The highest BCUT2D eigenvalue weighted by Crippen LogP contribution is 2.28. The van der Waals surface area contributed by atoms with Crippen LogP contribution in [0, 0.1) is 0 Å². The molecule has 0 radical (unpaired) electrons. The Kier molecular flexibility index (Phi) is 4.36. The monoisotopic (exact) mass is 280 g/mol. The van der Waals surface area contributed by atoms with E-state index in [4.69, 9.17) is 4.74 Å². The van der Waals surface area contributed by atoms with Gasteiger partial charge in [-0.15, -0.1) is 0 Å². The lowest BCUT2D eigenvalue weighted by molar-refractivity contribution is -0.141. The van der Waals surface area contributed by atoms with Crippen molar-refractivity contribution >= 4 is 11.7 Å². The summed E-state index contributed by atoms with van der Waals surface area (Å²) >= 11 is 0. The number of ether oxygens (including phenoxy) is 1. The van der Waals surface area contributed by atoms with Crippen molar-refractivity contribution in [3.05, 3.63) is 0 Å². The molecule has 0 N–H and O–H groups in total. The van der Waals surface area contributed by atoms with Crippen LogP contribution in [0.4, 0.5) is 0 Å². The van der Waals surface area contributed by atoms with E-state index in [1.54, 1.807) is 0 Å². The Bertz CT molecular complexity index is 373. The number of ketones is 1. The third kappa shape index (κ3) is 3.04. The molecule has 2 unspecified atom stereocenters. The summed E-state index contributed by atoms with van der Waals surface area (Å²) in [4.78, 5) is 27.8. The topological polar surface area (TPSA) is 49.9 Å². The first kappa shape index (κ1) is 14.0. The van der Waals surface area contributed by atoms with Crippen molar-refractivity contribution in [1.82, 2.24) is 9.80 Å². The summed E-state index contributed by atoms with van der Waals surface area (Å²) in [5.74, 6) is 0.469. The predicted octanol–water partition coefficient (Wildman–Crippen LogP) is 0.821. The molecule has 2 heterocycles. The third-order valence-electron chi connectivity index (χ3n) is 4.86. The van der Waals surface area contributed by atoms with Crippen LogP contribution in [-0.2, 0) is 14.3 Å². The number of rotatable bonds is 2. The summed E-state index contributed by atoms with van der Waals surface area (Å²) < 4.78 is 5.84. The van der Waals surface area contributed by atoms with Crippen molar-refractivity contribution in [2.75, 3.05) is 32.8 Å². The van der Waals surface area contributed by atoms with Crippen molar-refractivity contribution in [2.45, 2.75) is 50.7 Å². The van der Waals surface area contributed by atoms with Gasteiger partial charge in [0, 0.05) is 38.5 Å². The number of hydrogen-bond donors (Lipinski definition) is 0. The maximum absolute atomic E-state index is 12.4. The van der Waals surface area contributed by atoms with Gasteiger partial charge in [0.05, 0.1) is 19.3 Å². The van der Waals surface area contributed by atoms with Gasteiger partial charge in [-0.1, -0.05) is 12.8 Å². The first-order valence-electron chi connectivity index (χ1n) is 7.89. The van der Waals surface area contributed by atoms with Crippen molar-refractivity contribution in [2.24, 2.45) is 0 Å². The quantitative estimate of drug-likeness (QED) is 0.751. The second-order valence-corrected chi connectivity index (χ2v) is 6.15. The number of piperidine rings is 1. The Balaban J connectivity index is 1.56. The number of Topliss-reactive ketones (excluding diaryl/α,β-unsaturated/α-hetero) is 1. The first-order valence-corrected chi connectivity index (χ1v) is 7.89. The Hall–Kier alpha value is -0.940. The highest BCUT2D eigenvalue weighted by atomic mass is 16.5. The second-order valence-electron chi connectivity index (χ2n) is 6.15. The molecule has 20 heavy (non-hydrogen) atoms. The molecule has 0 bridgehead atoms. The number of fused-ring (bicyclic) bond motifs is 1. The van der Waals surface area contributed by atoms with Gasteiger partial charge < -0.3 is 9.64 Å². The van der Waals surface area contributed by atoms with Crippen LogP contribution in [0.5, 0.6) is 0 Å². The summed E-state index contributed by atoms with van der Waals surface area (Å²) in [5, 5.41) is 0. The molecule has 5 heteroatoms. The SMILES string of the molecule is O=C1CCN(C(=O)CN2CCOC3CCCCC32)CC1. The zero-order chi connectivity index (χ0) is 13.9. The number of carbonyl (C=O) groups excluding carboxylic acids is 2. The van der Waals surface area contributed by atoms with Gasteiger partial charge in [0.1, 0.15) is 5.78 Å². The summed E-state index contributed by atoms with van der Waals surface area (Å²) in [6.45, 7) is 3.32. The lowest BCUT2D eigenvalue weighted by Gasteiger charge is -2.44. The molecule has 2 atom stereocenters. The number of morpholine rings is 1. The van der Waals surface area contributed by atoms with Crippen LogP contribution in [0.15, 0.2) is 0 Å². The van der Waals surface area contributed by atoms with E-state index in [1.807, 2.05) is 4.90 Å². The maximum atomic E-state index is 12.4. The van der Waals surface area contributed by atoms with Crippen molar-refractivity contribution in [1.29, 1.82) is 0 Å². The van der Waals surface area contributed by atoms with E-state index in [-0.39, 0.29) is 11.7 Å². The number of likely N-dealkylation sites (tertiary alicyclic amines) is 1. The van der Waals surface area contributed by atoms with Gasteiger partial charge in [-0.2, -0.15) is 0 Å². The van der Waals surface area contributed by atoms with E-state index < -0.39 is 0 Å². The van der Waals surface area contributed by atoms with Gasteiger partial charge in [-0.05, 0) is 12.8 Å². The summed E-state index contributed by atoms with van der Waals surface area (Å²) in [6, 6.07) is 0.424. The molecule has 3 aliphatic rings. The van der Waals surface area contributed by atoms with Gasteiger partial charge in [0.2, 0.25) is 5.91 Å². The molecular weight excluding hydrogens is 256 g/mol. The minimum Gasteiger partial charge on any atom is -0.375 e. The average molecular weight is 280 g/mol. The van der Waals surface area contributed by atoms with Gasteiger partial charge >= 0.3 is 0 Å². The number of amides is 1. The molecule has 3 fully saturated rings. The van der Waals surface area contributed by atoms with E-state index in [9.17, 15) is 9.59 Å². The van der Waals surface area contributed by atoms with E-state index in [0.29, 0.717) is 44.6 Å². The molecular formula is C15H24N2O3. The lowest BCUT2D eigenvalue weighted by Crippen LogP contribution is -2.56. The normalized spacial score (nSPS) is 32.0. The number of carbonyl (C=O) groups is 2. The lowest BCUT2D eigenvalue weighted by atomic mass is 9.90. The molecule has 2 saturated heterocycles. The van der Waals surface area contributed by atoms with Gasteiger partial charge in [0.25, 0.3) is 0 Å². The van der Waals surface area contributed by atoms with Crippen LogP contribution in [0.2, 0.25) is 0 Å². The smallest absolute Gasteiger partial charge is 0.236 e. The highest BCUT2D eigenvalue weighted by Gasteiger charge is 2.35. The number of hydrogen-bond acceptors (Lipinski definition) is 4. The Morgan fingerprint density at radius 2 is 1.90 bits per heavy atom. The van der Waals surface area contributed by atoms with Crippen LogP contribution < -0.4 is 0 Å². The molecule has 0 aromatic carbocycles. The fraction of sp³-hybridized carbons (Fsp3) is 0.867. The van der Waals surface area contributed by atoms with E-state index in [1.165, 1.54) is 12.8 Å². The standard InChI is InChI=1S/C15H24N2O3/c18-12-5-7-16(8-6-12)15(19)11-17-9-10-20-14-4-2-1-3-13(14)17/h13-14H,1-11H2. The molecule has 1 saturated carbocycles. The molecule has 2 aliphatic heterocycles. The van der Waals surface area contributed by atoms with Crippen molar-refractivity contribution in [3.8, 4) is 0 Å². The summed E-state index contributed by atoms with van der Waals surface area (Å²) in [6.07, 6.45) is 6.16. The van der Waals surface area contributed by atoms with E-state index in [0.717, 1.165) is 26.0 Å². The zero-order valence-electron chi connectivity index (χ0n) is 12.1. The number of nitrogens with zero attached hydrogens (tertiary/aromatic N) is 2. The van der Waals surface area contributed by atoms with Crippen LogP contribution in [-0.4, -0.2) is 66.4 Å². The molecule has 5 nitrogen and oxygen atoms in total. The van der Waals surface area contributed by atoms with E-state index >= 15 is 0 Å². The second kappa shape index (κ2) is 6.22. The molecule has 0 aromatic heterocycles. The molecule has 0 spiro atoms. The van der Waals surface area contributed by atoms with Crippen LogP contribution in [0.1, 0.15) is 38.5 Å². The van der Waals surface area contributed by atoms with Gasteiger partial charge in [0.15, 0.2) is 0 Å². The molecule has 3 rings (SSSR count). The van der Waals surface area contributed by atoms with Crippen LogP contribution in [0.3, 0.4) is 0 Å². The fourth-order valence-electron chi connectivity index (χ4n) is 3.65. The maximum Gasteiger partial charge on any atom is 0.236 e. The third-order valence-corrected chi connectivity index (χ3v) is 4.86. The molecule has 1 aliphatic carbocycles. The average Bonchev–Trinajstić information content (AvgIpc) is 2.48. The minimum atomic E-state index is 0.184. The summed E-state index contributed by atoms with van der Waals surface area (Å²) in [7, 11) is 0. The Labute approximate surface area is 120 Å². The molecule has 0 aromatic rings. The Morgan fingerprint density at radius 3 is 2.70 bits per heavy atom. The Morgan fingerprint density at radius 1 is 1.15 bits per heavy atom. The minimum absolute atomic E-state index is 0.184. The van der Waals surface area contributed by atoms with E-state index in [2.05, 4.69) is 4.90 Å². The van der Waals surface area contributed by atoms with Gasteiger partial charge in [-0.3, -0.25) is 14.5 Å². The van der Waals surface area contributed by atoms with Gasteiger partial charge in [-0.25, -0.2) is 0 Å². The van der Waals surface area contributed by atoms with Crippen molar-refractivity contribution < 1.29 is 14.3 Å². The summed E-state index contributed by atoms with van der Waals surface area (Å²) in [5.41, 5.74) is 0. The van der Waals surface area contributed by atoms with Crippen LogP contribution >= 0.6 is 0 Å². The molecule has 112 valence electrons. The highest BCUT2D eigenvalue weighted by molar-refractivity contribution is 5.84. The molecule has 1 amide bonds. The zero-order valence-corrected chi connectivity index (χ0v) is 12.1. The fourth-order valence-corrected chi connectivity index (χ4v) is 3.65. The first-order chi connectivity index (χ1) is 9.74. The largest absolute Gasteiger partial charge is 0.375 e. The van der Waals surface area contributed by atoms with Crippen LogP contribution in [0.25, 0.3) is 0 Å². The predicted molar refractivity (Wildman–Crippen MR) is 74.4 cm³/mol. The van der Waals surface area contributed by atoms with Crippen molar-refractivity contribution in [3.63, 3.8) is 0 Å².